The van der Waals surface area contributed by atoms with Crippen LogP contribution in [0.2, 0.25) is 0 Å². The van der Waals surface area contributed by atoms with Gasteiger partial charge in [-0.05, 0) is 24.3 Å². The zero-order valence-corrected chi connectivity index (χ0v) is 15.3. The lowest BCUT2D eigenvalue weighted by Gasteiger charge is -2.30. The molecule has 2 aromatic carbocycles. The zero-order valence-electron chi connectivity index (χ0n) is 15.3. The predicted octanol–water partition coefficient (Wildman–Crippen LogP) is 3.31. The molecule has 0 bridgehead atoms. The largest absolute Gasteiger partial charge is 0.378 e. The molecule has 0 radical (unpaired) electrons. The minimum absolute atomic E-state index is 0.244. The third kappa shape index (κ3) is 4.27. The van der Waals surface area contributed by atoms with Crippen LogP contribution in [0.15, 0.2) is 67.0 Å². The van der Waals surface area contributed by atoms with Crippen molar-refractivity contribution in [3.05, 3.63) is 72.6 Å². The SMILES string of the molecule is O=C(Nc1ccccc1N1CCOCC1)c1cnc(Nc2ccccc2)nc1. The van der Waals surface area contributed by atoms with Crippen LogP contribution in [-0.2, 0) is 4.74 Å². The van der Waals surface area contributed by atoms with Gasteiger partial charge in [0.2, 0.25) is 5.95 Å². The Kier molecular flexibility index (Phi) is 5.44. The second-order valence-corrected chi connectivity index (χ2v) is 6.36. The van der Waals surface area contributed by atoms with Crippen molar-refractivity contribution in [3.8, 4) is 0 Å². The minimum atomic E-state index is -0.244. The molecule has 1 fully saturated rings. The van der Waals surface area contributed by atoms with Crippen molar-refractivity contribution in [2.75, 3.05) is 41.8 Å². The number of rotatable bonds is 5. The molecule has 2 heterocycles. The predicted molar refractivity (Wildman–Crippen MR) is 109 cm³/mol. The molecule has 0 unspecified atom stereocenters. The van der Waals surface area contributed by atoms with Crippen molar-refractivity contribution in [1.82, 2.24) is 9.97 Å². The molecule has 0 spiro atoms. The van der Waals surface area contributed by atoms with Gasteiger partial charge in [0.25, 0.3) is 5.91 Å². The van der Waals surface area contributed by atoms with E-state index in [2.05, 4.69) is 25.5 Å². The summed E-state index contributed by atoms with van der Waals surface area (Å²) in [6, 6.07) is 17.4. The van der Waals surface area contributed by atoms with E-state index in [0.717, 1.165) is 30.2 Å². The summed E-state index contributed by atoms with van der Waals surface area (Å²) < 4.78 is 5.41. The van der Waals surface area contributed by atoms with Gasteiger partial charge < -0.3 is 20.3 Å². The highest BCUT2D eigenvalue weighted by atomic mass is 16.5. The van der Waals surface area contributed by atoms with Gasteiger partial charge in [-0.1, -0.05) is 30.3 Å². The number of carbonyl (C=O) groups excluding carboxylic acids is 1. The first-order valence-corrected chi connectivity index (χ1v) is 9.17. The van der Waals surface area contributed by atoms with Crippen LogP contribution >= 0.6 is 0 Å². The molecule has 4 rings (SSSR count). The van der Waals surface area contributed by atoms with Gasteiger partial charge in [-0.3, -0.25) is 4.79 Å². The highest BCUT2D eigenvalue weighted by molar-refractivity contribution is 6.05. The number of hydrogen-bond donors (Lipinski definition) is 2. The average molecular weight is 375 g/mol. The molecule has 1 amide bonds. The fraction of sp³-hybridized carbons (Fsp3) is 0.190. The topological polar surface area (TPSA) is 79.4 Å². The maximum absolute atomic E-state index is 12.7. The Balaban J connectivity index is 1.45. The molecule has 1 saturated heterocycles. The molecule has 28 heavy (non-hydrogen) atoms. The van der Waals surface area contributed by atoms with Crippen molar-refractivity contribution in [2.45, 2.75) is 0 Å². The lowest BCUT2D eigenvalue weighted by Crippen LogP contribution is -2.36. The molecule has 7 nitrogen and oxygen atoms in total. The van der Waals surface area contributed by atoms with Crippen LogP contribution in [0.1, 0.15) is 10.4 Å². The standard InChI is InChI=1S/C21H21N5O2/c27-20(16-14-22-21(23-15-16)24-17-6-2-1-3-7-17)25-18-8-4-5-9-19(18)26-10-12-28-13-11-26/h1-9,14-15H,10-13H2,(H,25,27)(H,22,23,24). The van der Waals surface area contributed by atoms with Crippen molar-refractivity contribution >= 4 is 28.9 Å². The minimum Gasteiger partial charge on any atom is -0.378 e. The first kappa shape index (κ1) is 17.9. The lowest BCUT2D eigenvalue weighted by atomic mass is 10.2. The normalized spacial score (nSPS) is 13.8. The van der Waals surface area contributed by atoms with Crippen LogP contribution in [0.5, 0.6) is 0 Å². The second kappa shape index (κ2) is 8.49. The van der Waals surface area contributed by atoms with Crippen molar-refractivity contribution in [3.63, 3.8) is 0 Å². The van der Waals surface area contributed by atoms with Gasteiger partial charge in [0.1, 0.15) is 0 Å². The van der Waals surface area contributed by atoms with Crippen LogP contribution in [0, 0.1) is 0 Å². The fourth-order valence-corrected chi connectivity index (χ4v) is 3.01. The van der Waals surface area contributed by atoms with Crippen molar-refractivity contribution < 1.29 is 9.53 Å². The summed E-state index contributed by atoms with van der Waals surface area (Å²) in [4.78, 5) is 23.4. The Hall–Kier alpha value is -3.45. The smallest absolute Gasteiger partial charge is 0.258 e. The van der Waals surface area contributed by atoms with E-state index in [1.807, 2.05) is 54.6 Å². The Morgan fingerprint density at radius 2 is 1.61 bits per heavy atom. The summed E-state index contributed by atoms with van der Waals surface area (Å²) in [5.41, 5.74) is 3.04. The Labute approximate surface area is 163 Å². The van der Waals surface area contributed by atoms with E-state index in [0.29, 0.717) is 24.7 Å². The van der Waals surface area contributed by atoms with Crippen LogP contribution in [0.25, 0.3) is 0 Å². The van der Waals surface area contributed by atoms with E-state index in [1.54, 1.807) is 0 Å². The summed E-state index contributed by atoms with van der Waals surface area (Å²) in [6.45, 7) is 2.98. The molecule has 7 heteroatoms. The summed E-state index contributed by atoms with van der Waals surface area (Å²) in [6.07, 6.45) is 3.04. The van der Waals surface area contributed by atoms with Crippen LogP contribution in [-0.4, -0.2) is 42.2 Å². The van der Waals surface area contributed by atoms with Gasteiger partial charge in [-0.25, -0.2) is 9.97 Å². The molecular weight excluding hydrogens is 354 g/mol. The maximum Gasteiger partial charge on any atom is 0.258 e. The number of aromatic nitrogens is 2. The number of para-hydroxylation sites is 3. The van der Waals surface area contributed by atoms with Crippen molar-refractivity contribution in [2.24, 2.45) is 0 Å². The molecular formula is C21H21N5O2. The van der Waals surface area contributed by atoms with E-state index in [4.69, 9.17) is 4.74 Å². The van der Waals surface area contributed by atoms with Gasteiger partial charge in [0.05, 0.1) is 30.2 Å². The van der Waals surface area contributed by atoms with Gasteiger partial charge >= 0.3 is 0 Å². The van der Waals surface area contributed by atoms with Gasteiger partial charge in [-0.2, -0.15) is 0 Å². The van der Waals surface area contributed by atoms with E-state index in [-0.39, 0.29) is 5.91 Å². The Morgan fingerprint density at radius 1 is 0.929 bits per heavy atom. The third-order valence-corrected chi connectivity index (χ3v) is 4.45. The lowest BCUT2D eigenvalue weighted by molar-refractivity contribution is 0.102. The number of anilines is 4. The van der Waals surface area contributed by atoms with E-state index >= 15 is 0 Å². The number of hydrogen-bond acceptors (Lipinski definition) is 6. The number of nitrogens with one attached hydrogen (secondary N) is 2. The summed E-state index contributed by atoms with van der Waals surface area (Å²) in [7, 11) is 0. The number of morpholine rings is 1. The van der Waals surface area contributed by atoms with Crippen molar-refractivity contribution in [1.29, 1.82) is 0 Å². The average Bonchev–Trinajstić information content (AvgIpc) is 2.76. The van der Waals surface area contributed by atoms with Crippen LogP contribution in [0.4, 0.5) is 23.0 Å². The zero-order chi connectivity index (χ0) is 19.2. The number of ether oxygens (including phenoxy) is 1. The highest BCUT2D eigenvalue weighted by Crippen LogP contribution is 2.26. The number of carbonyl (C=O) groups is 1. The van der Waals surface area contributed by atoms with Gasteiger partial charge in [0, 0.05) is 31.2 Å². The van der Waals surface area contributed by atoms with E-state index in [9.17, 15) is 4.79 Å². The molecule has 1 aliphatic rings. The number of benzene rings is 2. The van der Waals surface area contributed by atoms with Gasteiger partial charge in [0.15, 0.2) is 0 Å². The van der Waals surface area contributed by atoms with Gasteiger partial charge in [-0.15, -0.1) is 0 Å². The molecule has 1 aliphatic heterocycles. The van der Waals surface area contributed by atoms with E-state index in [1.165, 1.54) is 12.4 Å². The molecule has 0 saturated carbocycles. The molecule has 0 aliphatic carbocycles. The molecule has 1 aromatic heterocycles. The van der Waals surface area contributed by atoms with E-state index < -0.39 is 0 Å². The number of nitrogens with zero attached hydrogens (tertiary/aromatic N) is 3. The monoisotopic (exact) mass is 375 g/mol. The fourth-order valence-electron chi connectivity index (χ4n) is 3.01. The Morgan fingerprint density at radius 3 is 2.36 bits per heavy atom. The first-order chi connectivity index (χ1) is 13.8. The number of amides is 1. The highest BCUT2D eigenvalue weighted by Gasteiger charge is 2.16. The Bertz CT molecular complexity index is 925. The summed E-state index contributed by atoms with van der Waals surface area (Å²) in [5.74, 6) is 0.198. The third-order valence-electron chi connectivity index (χ3n) is 4.45. The van der Waals surface area contributed by atoms with Crippen LogP contribution in [0.3, 0.4) is 0 Å². The summed E-state index contributed by atoms with van der Waals surface area (Å²) >= 11 is 0. The molecule has 142 valence electrons. The maximum atomic E-state index is 12.7. The molecule has 0 atom stereocenters. The molecule has 2 N–H and O–H groups in total. The first-order valence-electron chi connectivity index (χ1n) is 9.17. The molecule has 3 aromatic rings. The quantitative estimate of drug-likeness (QED) is 0.712. The van der Waals surface area contributed by atoms with Crippen LogP contribution < -0.4 is 15.5 Å². The second-order valence-electron chi connectivity index (χ2n) is 6.36. The summed E-state index contributed by atoms with van der Waals surface area (Å²) in [5, 5.41) is 6.07.